The molecule has 0 radical (unpaired) electrons. The van der Waals surface area contributed by atoms with Crippen molar-refractivity contribution in [2.75, 3.05) is 19.6 Å². The average Bonchev–Trinajstić information content (AvgIpc) is 2.21. The molecule has 0 aromatic heterocycles. The highest BCUT2D eigenvalue weighted by Crippen LogP contribution is 2.07. The Bertz CT molecular complexity index is 111. The highest BCUT2D eigenvalue weighted by atomic mass is 14.9. The van der Waals surface area contributed by atoms with Gasteiger partial charge in [0, 0.05) is 0 Å². The predicted molar refractivity (Wildman–Crippen MR) is 64.4 cm³/mol. The molecule has 2 heteroatoms. The first-order valence-corrected chi connectivity index (χ1v) is 6.15. The summed E-state index contributed by atoms with van der Waals surface area (Å²) < 4.78 is 0. The van der Waals surface area contributed by atoms with Gasteiger partial charge in [-0.15, -0.1) is 0 Å². The van der Waals surface area contributed by atoms with Crippen molar-refractivity contribution in [2.45, 2.75) is 46.5 Å². The summed E-state index contributed by atoms with van der Waals surface area (Å²) in [7, 11) is 0. The zero-order valence-electron chi connectivity index (χ0n) is 10.2. The fraction of sp³-hybridized carbons (Fsp3) is 1.00. The summed E-state index contributed by atoms with van der Waals surface area (Å²) in [6.45, 7) is 10.0. The lowest BCUT2D eigenvalue weighted by molar-refractivity contribution is 0.407. The van der Waals surface area contributed by atoms with Gasteiger partial charge in [-0.2, -0.15) is 0 Å². The molecule has 0 saturated carbocycles. The van der Waals surface area contributed by atoms with Gasteiger partial charge in [-0.05, 0) is 44.3 Å². The van der Waals surface area contributed by atoms with Crippen LogP contribution in [-0.2, 0) is 0 Å². The quantitative estimate of drug-likeness (QED) is 0.600. The van der Waals surface area contributed by atoms with Crippen LogP contribution < -0.4 is 11.1 Å². The maximum Gasteiger partial charge on any atom is -0.00206 e. The molecule has 0 amide bonds. The zero-order chi connectivity index (χ0) is 10.8. The third-order valence-electron chi connectivity index (χ3n) is 2.98. The molecule has 14 heavy (non-hydrogen) atoms. The van der Waals surface area contributed by atoms with Crippen LogP contribution in [0.1, 0.15) is 46.5 Å². The molecule has 0 aliphatic carbocycles. The van der Waals surface area contributed by atoms with Crippen LogP contribution in [-0.4, -0.2) is 19.6 Å². The van der Waals surface area contributed by atoms with Crippen LogP contribution in [0.5, 0.6) is 0 Å². The van der Waals surface area contributed by atoms with Gasteiger partial charge in [0.15, 0.2) is 0 Å². The first-order valence-electron chi connectivity index (χ1n) is 6.15. The van der Waals surface area contributed by atoms with Gasteiger partial charge < -0.3 is 11.1 Å². The fourth-order valence-corrected chi connectivity index (χ4v) is 1.68. The Morgan fingerprint density at radius 3 is 2.29 bits per heavy atom. The van der Waals surface area contributed by atoms with E-state index in [0.29, 0.717) is 0 Å². The Kier molecular flexibility index (Phi) is 9.42. The molecule has 0 rings (SSSR count). The van der Waals surface area contributed by atoms with Crippen molar-refractivity contribution in [1.82, 2.24) is 5.32 Å². The zero-order valence-corrected chi connectivity index (χ0v) is 10.2. The summed E-state index contributed by atoms with van der Waals surface area (Å²) in [5.41, 5.74) is 5.48. The molecule has 0 aliphatic rings. The van der Waals surface area contributed by atoms with E-state index in [1.165, 1.54) is 25.8 Å². The Hall–Kier alpha value is -0.0800. The minimum atomic E-state index is 0.771. The molecule has 0 aromatic rings. The topological polar surface area (TPSA) is 38.0 Å². The maximum absolute atomic E-state index is 5.48. The van der Waals surface area contributed by atoms with E-state index in [2.05, 4.69) is 26.1 Å². The van der Waals surface area contributed by atoms with E-state index in [4.69, 9.17) is 5.73 Å². The van der Waals surface area contributed by atoms with Gasteiger partial charge in [0.2, 0.25) is 0 Å². The molecule has 0 heterocycles. The molecule has 0 bridgehead atoms. The van der Waals surface area contributed by atoms with Gasteiger partial charge in [-0.25, -0.2) is 0 Å². The van der Waals surface area contributed by atoms with Crippen LogP contribution in [0.15, 0.2) is 0 Å². The second-order valence-corrected chi connectivity index (χ2v) is 4.38. The monoisotopic (exact) mass is 200 g/mol. The van der Waals surface area contributed by atoms with Gasteiger partial charge in [0.25, 0.3) is 0 Å². The lowest BCUT2D eigenvalue weighted by Gasteiger charge is -2.16. The van der Waals surface area contributed by atoms with Crippen LogP contribution in [0.25, 0.3) is 0 Å². The van der Waals surface area contributed by atoms with E-state index in [0.717, 1.165) is 31.3 Å². The van der Waals surface area contributed by atoms with Crippen molar-refractivity contribution < 1.29 is 0 Å². The Balaban J connectivity index is 3.33. The number of nitrogens with one attached hydrogen (secondary N) is 1. The van der Waals surface area contributed by atoms with E-state index in [1.54, 1.807) is 0 Å². The third kappa shape index (κ3) is 7.34. The second kappa shape index (κ2) is 9.47. The molecule has 0 aliphatic heterocycles. The van der Waals surface area contributed by atoms with Crippen molar-refractivity contribution in [1.29, 1.82) is 0 Å². The number of rotatable bonds is 9. The first-order chi connectivity index (χ1) is 6.74. The normalized spacial score (nSPS) is 13.5. The van der Waals surface area contributed by atoms with Gasteiger partial charge in [-0.3, -0.25) is 0 Å². The molecule has 0 spiro atoms. The fourth-order valence-electron chi connectivity index (χ4n) is 1.68. The number of hydrogen-bond acceptors (Lipinski definition) is 2. The SMILES string of the molecule is CCC(CC)CNCC(C)CCCN. The molecule has 0 aromatic carbocycles. The van der Waals surface area contributed by atoms with E-state index in [9.17, 15) is 0 Å². The van der Waals surface area contributed by atoms with Crippen molar-refractivity contribution in [2.24, 2.45) is 17.6 Å². The molecule has 0 fully saturated rings. The second-order valence-electron chi connectivity index (χ2n) is 4.38. The van der Waals surface area contributed by atoms with Crippen LogP contribution in [0, 0.1) is 11.8 Å². The highest BCUT2D eigenvalue weighted by Gasteiger charge is 2.04. The molecular weight excluding hydrogens is 172 g/mol. The smallest absolute Gasteiger partial charge is 0.00206 e. The van der Waals surface area contributed by atoms with Crippen LogP contribution in [0.4, 0.5) is 0 Å². The van der Waals surface area contributed by atoms with E-state index < -0.39 is 0 Å². The predicted octanol–water partition coefficient (Wildman–Crippen LogP) is 2.39. The Morgan fingerprint density at radius 2 is 1.79 bits per heavy atom. The lowest BCUT2D eigenvalue weighted by Crippen LogP contribution is -2.27. The molecule has 1 unspecified atom stereocenters. The molecule has 86 valence electrons. The highest BCUT2D eigenvalue weighted by molar-refractivity contribution is 4.62. The number of hydrogen-bond donors (Lipinski definition) is 2. The van der Waals surface area contributed by atoms with E-state index in [1.807, 2.05) is 0 Å². The molecule has 1 atom stereocenters. The Labute approximate surface area is 89.6 Å². The van der Waals surface area contributed by atoms with Gasteiger partial charge in [-0.1, -0.05) is 33.6 Å². The maximum atomic E-state index is 5.48. The largest absolute Gasteiger partial charge is 0.330 e. The Morgan fingerprint density at radius 1 is 1.14 bits per heavy atom. The van der Waals surface area contributed by atoms with Gasteiger partial charge in [0.05, 0.1) is 0 Å². The van der Waals surface area contributed by atoms with Crippen molar-refractivity contribution >= 4 is 0 Å². The van der Waals surface area contributed by atoms with Gasteiger partial charge in [0.1, 0.15) is 0 Å². The van der Waals surface area contributed by atoms with Crippen molar-refractivity contribution in [3.8, 4) is 0 Å². The lowest BCUT2D eigenvalue weighted by atomic mass is 10.0. The standard InChI is InChI=1S/C12H28N2/c1-4-12(5-2)10-14-9-11(3)7-6-8-13/h11-12,14H,4-10,13H2,1-3H3. The molecule has 3 N–H and O–H groups in total. The molecular formula is C12H28N2. The summed E-state index contributed by atoms with van der Waals surface area (Å²) in [6, 6.07) is 0. The summed E-state index contributed by atoms with van der Waals surface area (Å²) in [6.07, 6.45) is 5.00. The number of nitrogens with two attached hydrogens (primary N) is 1. The minimum Gasteiger partial charge on any atom is -0.330 e. The van der Waals surface area contributed by atoms with Crippen LogP contribution >= 0.6 is 0 Å². The van der Waals surface area contributed by atoms with Crippen LogP contribution in [0.2, 0.25) is 0 Å². The molecule has 2 nitrogen and oxygen atoms in total. The summed E-state index contributed by atoms with van der Waals surface area (Å²) in [5.74, 6) is 1.63. The molecule has 0 saturated heterocycles. The average molecular weight is 200 g/mol. The first kappa shape index (κ1) is 13.9. The van der Waals surface area contributed by atoms with Crippen molar-refractivity contribution in [3.05, 3.63) is 0 Å². The van der Waals surface area contributed by atoms with E-state index in [-0.39, 0.29) is 0 Å². The van der Waals surface area contributed by atoms with E-state index >= 15 is 0 Å². The summed E-state index contributed by atoms with van der Waals surface area (Å²) in [5, 5.41) is 3.56. The minimum absolute atomic E-state index is 0.771. The summed E-state index contributed by atoms with van der Waals surface area (Å²) >= 11 is 0. The van der Waals surface area contributed by atoms with Gasteiger partial charge >= 0.3 is 0 Å². The summed E-state index contributed by atoms with van der Waals surface area (Å²) in [4.78, 5) is 0. The van der Waals surface area contributed by atoms with Crippen LogP contribution in [0.3, 0.4) is 0 Å². The third-order valence-corrected chi connectivity index (χ3v) is 2.98. The van der Waals surface area contributed by atoms with Crippen molar-refractivity contribution in [3.63, 3.8) is 0 Å².